The van der Waals surface area contributed by atoms with Crippen LogP contribution in [-0.4, -0.2) is 11.7 Å². The van der Waals surface area contributed by atoms with Gasteiger partial charge in [0.2, 0.25) is 0 Å². The van der Waals surface area contributed by atoms with E-state index in [1.165, 1.54) is 9.13 Å². The highest BCUT2D eigenvalue weighted by Crippen LogP contribution is 2.31. The lowest BCUT2D eigenvalue weighted by Crippen LogP contribution is -2.15. The lowest BCUT2D eigenvalue weighted by molar-refractivity contribution is 0.160. The lowest BCUT2D eigenvalue weighted by atomic mass is 9.96. The molecule has 0 fully saturated rings. The summed E-state index contributed by atoms with van der Waals surface area (Å²) in [5, 5.41) is 14.4. The molecule has 2 N–H and O–H groups in total. The SMILES string of the molecule is CCOc1ccc(C(CC(O)c2ccc(C)cc2)Nc2ccc(I)cc2)cc1. The Labute approximate surface area is 180 Å². The smallest absolute Gasteiger partial charge is 0.119 e. The van der Waals surface area contributed by atoms with Crippen molar-refractivity contribution in [2.24, 2.45) is 0 Å². The summed E-state index contributed by atoms with van der Waals surface area (Å²) in [4.78, 5) is 0. The first kappa shape index (κ1) is 20.7. The fourth-order valence-electron chi connectivity index (χ4n) is 3.14. The third-order valence-corrected chi connectivity index (χ3v) is 5.42. The molecule has 28 heavy (non-hydrogen) atoms. The Bertz CT molecular complexity index is 861. The molecule has 0 amide bonds. The molecule has 0 aliphatic rings. The van der Waals surface area contributed by atoms with Crippen LogP contribution in [0, 0.1) is 10.5 Å². The van der Waals surface area contributed by atoms with Gasteiger partial charge in [0.05, 0.1) is 18.8 Å². The number of ether oxygens (including phenoxy) is 1. The maximum atomic E-state index is 10.8. The van der Waals surface area contributed by atoms with Crippen molar-refractivity contribution in [3.05, 3.63) is 93.1 Å². The number of halogens is 1. The normalized spacial score (nSPS) is 13.0. The fourth-order valence-corrected chi connectivity index (χ4v) is 3.50. The van der Waals surface area contributed by atoms with Crippen molar-refractivity contribution >= 4 is 28.3 Å². The summed E-state index contributed by atoms with van der Waals surface area (Å²) in [7, 11) is 0. The van der Waals surface area contributed by atoms with Crippen LogP contribution in [0.3, 0.4) is 0 Å². The van der Waals surface area contributed by atoms with Crippen LogP contribution in [0.1, 0.15) is 42.2 Å². The van der Waals surface area contributed by atoms with E-state index >= 15 is 0 Å². The monoisotopic (exact) mass is 487 g/mol. The number of hydrogen-bond donors (Lipinski definition) is 2. The second-order valence-electron chi connectivity index (χ2n) is 6.87. The van der Waals surface area contributed by atoms with E-state index < -0.39 is 6.10 Å². The Kier molecular flexibility index (Phi) is 7.34. The fraction of sp³-hybridized carbons (Fsp3) is 0.250. The molecule has 0 aromatic heterocycles. The van der Waals surface area contributed by atoms with Gasteiger partial charge in [0.1, 0.15) is 5.75 Å². The van der Waals surface area contributed by atoms with Crippen molar-refractivity contribution in [2.75, 3.05) is 11.9 Å². The van der Waals surface area contributed by atoms with Crippen LogP contribution in [0.5, 0.6) is 5.75 Å². The molecule has 0 saturated carbocycles. The van der Waals surface area contributed by atoms with Crippen LogP contribution in [0.4, 0.5) is 5.69 Å². The summed E-state index contributed by atoms with van der Waals surface area (Å²) < 4.78 is 6.76. The topological polar surface area (TPSA) is 41.5 Å². The van der Waals surface area contributed by atoms with Gasteiger partial charge < -0.3 is 15.2 Å². The van der Waals surface area contributed by atoms with Crippen molar-refractivity contribution in [1.29, 1.82) is 0 Å². The molecule has 0 aliphatic carbocycles. The van der Waals surface area contributed by atoms with Gasteiger partial charge in [0, 0.05) is 15.7 Å². The van der Waals surface area contributed by atoms with Crippen molar-refractivity contribution in [3.63, 3.8) is 0 Å². The predicted octanol–water partition coefficient (Wildman–Crippen LogP) is 6.28. The van der Waals surface area contributed by atoms with Crippen molar-refractivity contribution < 1.29 is 9.84 Å². The number of aliphatic hydroxyl groups excluding tert-OH is 1. The van der Waals surface area contributed by atoms with E-state index in [1.54, 1.807) is 0 Å². The van der Waals surface area contributed by atoms with Crippen LogP contribution >= 0.6 is 22.6 Å². The number of benzene rings is 3. The molecule has 0 saturated heterocycles. The van der Waals surface area contributed by atoms with Crippen LogP contribution < -0.4 is 10.1 Å². The second-order valence-corrected chi connectivity index (χ2v) is 8.11. The van der Waals surface area contributed by atoms with E-state index in [-0.39, 0.29) is 6.04 Å². The molecule has 3 aromatic rings. The molecular formula is C24H26INO2. The van der Waals surface area contributed by atoms with Gasteiger partial charge in [0.25, 0.3) is 0 Å². The van der Waals surface area contributed by atoms with Gasteiger partial charge >= 0.3 is 0 Å². The second kappa shape index (κ2) is 9.94. The first-order valence-electron chi connectivity index (χ1n) is 9.54. The van der Waals surface area contributed by atoms with Crippen LogP contribution in [0.2, 0.25) is 0 Å². The molecular weight excluding hydrogens is 461 g/mol. The van der Waals surface area contributed by atoms with Crippen LogP contribution in [0.15, 0.2) is 72.8 Å². The van der Waals surface area contributed by atoms with Gasteiger partial charge in [-0.15, -0.1) is 0 Å². The van der Waals surface area contributed by atoms with E-state index in [0.29, 0.717) is 13.0 Å². The molecule has 146 valence electrons. The van der Waals surface area contributed by atoms with Crippen molar-refractivity contribution in [1.82, 2.24) is 0 Å². The third-order valence-electron chi connectivity index (χ3n) is 4.70. The Morgan fingerprint density at radius 3 is 2.11 bits per heavy atom. The number of hydrogen-bond acceptors (Lipinski definition) is 3. The highest BCUT2D eigenvalue weighted by Gasteiger charge is 2.18. The zero-order valence-electron chi connectivity index (χ0n) is 16.2. The van der Waals surface area contributed by atoms with E-state index in [2.05, 4.69) is 71.2 Å². The van der Waals surface area contributed by atoms with Gasteiger partial charge in [0.15, 0.2) is 0 Å². The zero-order chi connectivity index (χ0) is 19.9. The summed E-state index contributed by atoms with van der Waals surface area (Å²) in [6.45, 7) is 4.68. The number of aryl methyl sites for hydroxylation is 1. The van der Waals surface area contributed by atoms with Gasteiger partial charge in [-0.25, -0.2) is 0 Å². The quantitative estimate of drug-likeness (QED) is 0.368. The Hall–Kier alpha value is -2.05. The molecule has 2 atom stereocenters. The molecule has 3 rings (SSSR count). The highest BCUT2D eigenvalue weighted by molar-refractivity contribution is 14.1. The van der Waals surface area contributed by atoms with Crippen molar-refractivity contribution in [3.8, 4) is 5.75 Å². The first-order chi connectivity index (χ1) is 13.5. The summed E-state index contributed by atoms with van der Waals surface area (Å²) in [5.41, 5.74) is 4.28. The highest BCUT2D eigenvalue weighted by atomic mass is 127. The van der Waals surface area contributed by atoms with Gasteiger partial charge in [-0.05, 0) is 84.0 Å². The molecule has 3 nitrogen and oxygen atoms in total. The van der Waals surface area contributed by atoms with E-state index in [9.17, 15) is 5.11 Å². The zero-order valence-corrected chi connectivity index (χ0v) is 18.4. The summed E-state index contributed by atoms with van der Waals surface area (Å²) in [6.07, 6.45) is 0.0248. The molecule has 0 spiro atoms. The predicted molar refractivity (Wildman–Crippen MR) is 124 cm³/mol. The average Bonchev–Trinajstić information content (AvgIpc) is 2.70. The molecule has 4 heteroatoms. The largest absolute Gasteiger partial charge is 0.494 e. The van der Waals surface area contributed by atoms with E-state index in [0.717, 1.165) is 22.6 Å². The number of anilines is 1. The number of nitrogens with one attached hydrogen (secondary N) is 1. The van der Waals surface area contributed by atoms with Gasteiger partial charge in [-0.1, -0.05) is 42.0 Å². The van der Waals surface area contributed by atoms with Gasteiger partial charge in [-0.3, -0.25) is 0 Å². The number of aliphatic hydroxyl groups is 1. The molecule has 0 aliphatic heterocycles. The third kappa shape index (κ3) is 5.72. The minimum absolute atomic E-state index is 0.0213. The minimum atomic E-state index is -0.548. The standard InChI is InChI=1S/C24H26INO2/c1-3-28-22-14-8-18(9-15-22)23(26-21-12-10-20(25)11-13-21)16-24(27)19-6-4-17(2)5-7-19/h4-15,23-24,26-27H,3,16H2,1-2H3. The van der Waals surface area contributed by atoms with E-state index in [4.69, 9.17) is 4.74 Å². The summed E-state index contributed by atoms with van der Waals surface area (Å²) in [6, 6.07) is 24.5. The molecule has 3 aromatic carbocycles. The van der Waals surface area contributed by atoms with Gasteiger partial charge in [-0.2, -0.15) is 0 Å². The Morgan fingerprint density at radius 2 is 1.50 bits per heavy atom. The minimum Gasteiger partial charge on any atom is -0.494 e. The Morgan fingerprint density at radius 1 is 0.893 bits per heavy atom. The van der Waals surface area contributed by atoms with Crippen LogP contribution in [0.25, 0.3) is 0 Å². The lowest BCUT2D eigenvalue weighted by Gasteiger charge is -2.24. The average molecular weight is 487 g/mol. The molecule has 2 unspecified atom stereocenters. The first-order valence-corrected chi connectivity index (χ1v) is 10.6. The molecule has 0 radical (unpaired) electrons. The Balaban J connectivity index is 1.82. The van der Waals surface area contributed by atoms with Crippen LogP contribution in [-0.2, 0) is 0 Å². The summed E-state index contributed by atoms with van der Waals surface area (Å²) >= 11 is 2.30. The van der Waals surface area contributed by atoms with E-state index in [1.807, 2.05) is 43.3 Å². The molecule has 0 bridgehead atoms. The maximum Gasteiger partial charge on any atom is 0.119 e. The van der Waals surface area contributed by atoms with Crippen molar-refractivity contribution in [2.45, 2.75) is 32.4 Å². The number of rotatable bonds is 8. The maximum absolute atomic E-state index is 10.8. The molecule has 0 heterocycles. The summed E-state index contributed by atoms with van der Waals surface area (Å²) in [5.74, 6) is 0.860.